The van der Waals surface area contributed by atoms with Crippen molar-refractivity contribution >= 4 is 27.7 Å². The van der Waals surface area contributed by atoms with E-state index in [4.69, 9.17) is 0 Å². The van der Waals surface area contributed by atoms with Gasteiger partial charge in [-0.1, -0.05) is 67.9 Å². The van der Waals surface area contributed by atoms with Crippen LogP contribution in [-0.4, -0.2) is 62.7 Å². The van der Waals surface area contributed by atoms with Crippen molar-refractivity contribution in [2.75, 3.05) is 31.5 Å². The van der Waals surface area contributed by atoms with E-state index in [9.17, 15) is 22.4 Å². The maximum Gasteiger partial charge on any atom is 0.304 e. The van der Waals surface area contributed by atoms with Crippen LogP contribution in [0.5, 0.6) is 0 Å². The molecule has 0 aromatic heterocycles. The van der Waals surface area contributed by atoms with Crippen molar-refractivity contribution < 1.29 is 22.4 Å². The standard InChI is InChI=1S/C31H39FN4O4S/c1-5-6-20-33-31(38)29(21-25-13-8-7-9-14-25)35(22-26-15-11-10-12-24(26)2)30(37)23-36(41(39,40)34(3)4)28-18-16-27(32)17-19-28/h7-19,29H,5-6,20-23H2,1-4H3,(H,33,38). The molecule has 0 heterocycles. The highest BCUT2D eigenvalue weighted by Crippen LogP contribution is 2.23. The molecule has 3 rings (SSSR count). The van der Waals surface area contributed by atoms with Crippen LogP contribution < -0.4 is 9.62 Å². The molecule has 0 spiro atoms. The lowest BCUT2D eigenvalue weighted by molar-refractivity contribution is -0.140. The fourth-order valence-corrected chi connectivity index (χ4v) is 5.41. The van der Waals surface area contributed by atoms with Crippen molar-refractivity contribution in [3.8, 4) is 0 Å². The van der Waals surface area contributed by atoms with Crippen molar-refractivity contribution in [3.63, 3.8) is 0 Å². The number of nitrogens with one attached hydrogen (secondary N) is 1. The number of benzene rings is 3. The summed E-state index contributed by atoms with van der Waals surface area (Å²) in [6.45, 7) is 3.93. The van der Waals surface area contributed by atoms with Crippen molar-refractivity contribution in [3.05, 3.63) is 101 Å². The van der Waals surface area contributed by atoms with Gasteiger partial charge in [0.25, 0.3) is 0 Å². The Morgan fingerprint density at radius 3 is 2.17 bits per heavy atom. The molecule has 0 radical (unpaired) electrons. The largest absolute Gasteiger partial charge is 0.354 e. The average Bonchev–Trinajstić information content (AvgIpc) is 2.95. The molecule has 0 saturated heterocycles. The molecule has 8 nitrogen and oxygen atoms in total. The Morgan fingerprint density at radius 1 is 0.927 bits per heavy atom. The maximum atomic E-state index is 14.2. The molecule has 0 aliphatic rings. The van der Waals surface area contributed by atoms with Crippen LogP contribution in [0, 0.1) is 12.7 Å². The fraction of sp³-hybridized carbons (Fsp3) is 0.355. The van der Waals surface area contributed by atoms with Crippen LogP contribution in [0.15, 0.2) is 78.9 Å². The van der Waals surface area contributed by atoms with Gasteiger partial charge in [-0.2, -0.15) is 12.7 Å². The van der Waals surface area contributed by atoms with Gasteiger partial charge in [0.05, 0.1) is 5.69 Å². The number of carbonyl (C=O) groups is 2. The Morgan fingerprint density at radius 2 is 1.56 bits per heavy atom. The molecule has 41 heavy (non-hydrogen) atoms. The second-order valence-electron chi connectivity index (χ2n) is 10.1. The number of hydrogen-bond donors (Lipinski definition) is 1. The van der Waals surface area contributed by atoms with Crippen LogP contribution in [-0.2, 0) is 32.8 Å². The van der Waals surface area contributed by atoms with Gasteiger partial charge in [0.15, 0.2) is 0 Å². The molecule has 0 aliphatic carbocycles. The Kier molecular flexibility index (Phi) is 11.4. The number of anilines is 1. The summed E-state index contributed by atoms with van der Waals surface area (Å²) in [6.07, 6.45) is 1.92. The minimum atomic E-state index is -4.14. The quantitative estimate of drug-likeness (QED) is 0.287. The van der Waals surface area contributed by atoms with Crippen molar-refractivity contribution in [2.24, 2.45) is 0 Å². The third kappa shape index (κ3) is 8.61. The monoisotopic (exact) mass is 582 g/mol. The van der Waals surface area contributed by atoms with Gasteiger partial charge in [-0.3, -0.25) is 9.59 Å². The summed E-state index contributed by atoms with van der Waals surface area (Å²) in [6, 6.07) is 21.0. The highest BCUT2D eigenvalue weighted by Gasteiger charge is 2.34. The summed E-state index contributed by atoms with van der Waals surface area (Å²) in [7, 11) is -1.42. The van der Waals surface area contributed by atoms with E-state index in [1.54, 1.807) is 0 Å². The molecule has 0 bridgehead atoms. The van der Waals surface area contributed by atoms with Gasteiger partial charge in [-0.05, 0) is 54.3 Å². The third-order valence-electron chi connectivity index (χ3n) is 6.84. The Bertz CT molecular complexity index is 1400. The van der Waals surface area contributed by atoms with Gasteiger partial charge in [-0.25, -0.2) is 8.70 Å². The first-order valence-corrected chi connectivity index (χ1v) is 15.1. The Balaban J connectivity index is 2.08. The molecule has 0 aliphatic heterocycles. The molecular formula is C31H39FN4O4S. The Hall–Kier alpha value is -3.76. The predicted molar refractivity (Wildman–Crippen MR) is 160 cm³/mol. The minimum Gasteiger partial charge on any atom is -0.354 e. The maximum absolute atomic E-state index is 14.2. The van der Waals surface area contributed by atoms with Crippen molar-refractivity contribution in [1.29, 1.82) is 0 Å². The van der Waals surface area contributed by atoms with Crippen LogP contribution in [0.3, 0.4) is 0 Å². The minimum absolute atomic E-state index is 0.101. The first-order valence-electron chi connectivity index (χ1n) is 13.7. The number of aryl methyl sites for hydroxylation is 1. The Labute approximate surface area is 243 Å². The second-order valence-corrected chi connectivity index (χ2v) is 12.1. The predicted octanol–water partition coefficient (Wildman–Crippen LogP) is 4.30. The van der Waals surface area contributed by atoms with E-state index >= 15 is 0 Å². The van der Waals surface area contributed by atoms with Crippen LogP contribution in [0.25, 0.3) is 0 Å². The van der Waals surface area contributed by atoms with Crippen molar-refractivity contribution in [2.45, 2.75) is 45.7 Å². The van der Waals surface area contributed by atoms with E-state index in [0.717, 1.165) is 50.3 Å². The summed E-state index contributed by atoms with van der Waals surface area (Å²) >= 11 is 0. The van der Waals surface area contributed by atoms with Crippen molar-refractivity contribution in [1.82, 2.24) is 14.5 Å². The molecule has 10 heteroatoms. The molecular weight excluding hydrogens is 543 g/mol. The molecule has 2 amide bonds. The lowest BCUT2D eigenvalue weighted by atomic mass is 10.0. The highest BCUT2D eigenvalue weighted by atomic mass is 32.2. The first-order chi connectivity index (χ1) is 19.5. The lowest BCUT2D eigenvalue weighted by Crippen LogP contribution is -2.54. The summed E-state index contributed by atoms with van der Waals surface area (Å²) in [5, 5.41) is 2.96. The topological polar surface area (TPSA) is 90.0 Å². The molecule has 0 saturated carbocycles. The van der Waals surface area contributed by atoms with Crippen LogP contribution in [0.2, 0.25) is 0 Å². The zero-order valence-electron chi connectivity index (χ0n) is 24.1. The summed E-state index contributed by atoms with van der Waals surface area (Å²) in [4.78, 5) is 29.3. The van der Waals surface area contributed by atoms with Gasteiger partial charge < -0.3 is 10.2 Å². The smallest absolute Gasteiger partial charge is 0.304 e. The summed E-state index contributed by atoms with van der Waals surface area (Å²) in [5.41, 5.74) is 2.77. The first kappa shape index (κ1) is 31.8. The molecule has 1 N–H and O–H groups in total. The SMILES string of the molecule is CCCCNC(=O)C(Cc1ccccc1)N(Cc1ccccc1C)C(=O)CN(c1ccc(F)cc1)S(=O)(=O)N(C)C. The molecule has 0 fully saturated rings. The number of unbranched alkanes of at least 4 members (excludes halogenated alkanes) is 1. The molecule has 1 atom stereocenters. The summed E-state index contributed by atoms with van der Waals surface area (Å²) < 4.78 is 42.4. The van der Waals surface area contributed by atoms with E-state index in [2.05, 4.69) is 5.32 Å². The molecule has 1 unspecified atom stereocenters. The van der Waals surface area contributed by atoms with Gasteiger partial charge in [0.2, 0.25) is 11.8 Å². The number of amides is 2. The van der Waals surface area contributed by atoms with Crippen LogP contribution in [0.1, 0.15) is 36.5 Å². The zero-order chi connectivity index (χ0) is 30.0. The third-order valence-corrected chi connectivity index (χ3v) is 8.66. The van der Waals surface area contributed by atoms with Gasteiger partial charge in [0, 0.05) is 33.6 Å². The van der Waals surface area contributed by atoms with Gasteiger partial charge in [0.1, 0.15) is 18.4 Å². The van der Waals surface area contributed by atoms with E-state index in [1.165, 1.54) is 31.1 Å². The van der Waals surface area contributed by atoms with E-state index in [0.29, 0.717) is 6.54 Å². The second kappa shape index (κ2) is 14.7. The molecule has 3 aromatic rings. The number of hydrogen-bond acceptors (Lipinski definition) is 4. The zero-order valence-corrected chi connectivity index (χ0v) is 24.9. The molecule has 220 valence electrons. The average molecular weight is 583 g/mol. The summed E-state index contributed by atoms with van der Waals surface area (Å²) in [5.74, 6) is -1.40. The number of carbonyl (C=O) groups excluding carboxylic acids is 2. The van der Waals surface area contributed by atoms with E-state index < -0.39 is 34.5 Å². The van der Waals surface area contributed by atoms with E-state index in [-0.39, 0.29) is 24.6 Å². The van der Waals surface area contributed by atoms with Gasteiger partial charge >= 0.3 is 10.2 Å². The van der Waals surface area contributed by atoms with E-state index in [1.807, 2.05) is 68.4 Å². The number of nitrogens with zero attached hydrogens (tertiary/aromatic N) is 3. The highest BCUT2D eigenvalue weighted by molar-refractivity contribution is 7.90. The normalized spacial score (nSPS) is 12.1. The van der Waals surface area contributed by atoms with Gasteiger partial charge in [-0.15, -0.1) is 0 Å². The molecule has 3 aromatic carbocycles. The number of rotatable bonds is 14. The number of halogens is 1. The lowest BCUT2D eigenvalue weighted by Gasteiger charge is -2.34. The fourth-order valence-electron chi connectivity index (χ4n) is 4.36. The van der Waals surface area contributed by atoms with Crippen LogP contribution in [0.4, 0.5) is 10.1 Å². The van der Waals surface area contributed by atoms with Crippen LogP contribution >= 0.6 is 0 Å².